The molecule has 2 N–H and O–H groups in total. The Bertz CT molecular complexity index is 478. The van der Waals surface area contributed by atoms with E-state index in [9.17, 15) is 0 Å². The van der Waals surface area contributed by atoms with Gasteiger partial charge >= 0.3 is 0 Å². The molecule has 0 aliphatic heterocycles. The van der Waals surface area contributed by atoms with Crippen molar-refractivity contribution in [3.63, 3.8) is 0 Å². The molecule has 0 atom stereocenters. The molecule has 1 rings (SSSR count). The third kappa shape index (κ3) is 3.75. The highest BCUT2D eigenvalue weighted by molar-refractivity contribution is 7.99. The molecule has 17 heavy (non-hydrogen) atoms. The number of benzene rings is 1. The van der Waals surface area contributed by atoms with Crippen molar-refractivity contribution in [2.45, 2.75) is 4.90 Å². The standard InChI is InChI=1S/C12H11N3OS/c1-16-10-2-4-11(5-3-10)17-8-12(15)9(6-13)7-14/h2-5H,8,15H2,1H3. The predicted octanol–water partition coefficient (Wildman–Crippen LogP) is 2.05. The molecular weight excluding hydrogens is 234 g/mol. The maximum Gasteiger partial charge on any atom is 0.149 e. The molecule has 0 radical (unpaired) electrons. The van der Waals surface area contributed by atoms with Crippen LogP contribution in [-0.4, -0.2) is 12.9 Å². The lowest BCUT2D eigenvalue weighted by molar-refractivity contribution is 0.414. The molecule has 4 nitrogen and oxygen atoms in total. The number of nitriles is 2. The zero-order chi connectivity index (χ0) is 12.7. The number of nitrogens with two attached hydrogens (primary N) is 1. The number of rotatable bonds is 4. The second kappa shape index (κ2) is 6.47. The van der Waals surface area contributed by atoms with Gasteiger partial charge in [0.25, 0.3) is 0 Å². The molecule has 0 saturated carbocycles. The third-order valence-corrected chi connectivity index (χ3v) is 3.06. The topological polar surface area (TPSA) is 82.8 Å². The van der Waals surface area contributed by atoms with Gasteiger partial charge in [0, 0.05) is 16.3 Å². The number of hydrogen-bond donors (Lipinski definition) is 1. The molecule has 0 saturated heterocycles. The van der Waals surface area contributed by atoms with Crippen LogP contribution in [0.3, 0.4) is 0 Å². The maximum atomic E-state index is 8.63. The summed E-state index contributed by atoms with van der Waals surface area (Å²) in [6, 6.07) is 11.0. The van der Waals surface area contributed by atoms with Crippen LogP contribution in [0.15, 0.2) is 40.4 Å². The fourth-order valence-electron chi connectivity index (χ4n) is 1.07. The minimum atomic E-state index is -0.0222. The van der Waals surface area contributed by atoms with Gasteiger partial charge in [0.15, 0.2) is 0 Å². The highest BCUT2D eigenvalue weighted by atomic mass is 32.2. The smallest absolute Gasteiger partial charge is 0.149 e. The van der Waals surface area contributed by atoms with Gasteiger partial charge in [-0.05, 0) is 24.3 Å². The Morgan fingerprint density at radius 3 is 2.35 bits per heavy atom. The van der Waals surface area contributed by atoms with Crippen molar-refractivity contribution in [1.82, 2.24) is 0 Å². The van der Waals surface area contributed by atoms with Gasteiger partial charge in [-0.15, -0.1) is 11.8 Å². The van der Waals surface area contributed by atoms with E-state index in [2.05, 4.69) is 0 Å². The third-order valence-electron chi connectivity index (χ3n) is 2.00. The van der Waals surface area contributed by atoms with Crippen LogP contribution in [0.25, 0.3) is 0 Å². The Morgan fingerprint density at radius 2 is 1.88 bits per heavy atom. The van der Waals surface area contributed by atoms with Crippen LogP contribution >= 0.6 is 11.8 Å². The predicted molar refractivity (Wildman–Crippen MR) is 66.2 cm³/mol. The van der Waals surface area contributed by atoms with Gasteiger partial charge in [-0.2, -0.15) is 10.5 Å². The quantitative estimate of drug-likeness (QED) is 0.648. The molecule has 0 aromatic heterocycles. The SMILES string of the molecule is COc1ccc(SCC(N)=C(C#N)C#N)cc1. The van der Waals surface area contributed by atoms with E-state index in [1.807, 2.05) is 24.3 Å². The molecule has 0 unspecified atom stereocenters. The van der Waals surface area contributed by atoms with Crippen LogP contribution in [0.5, 0.6) is 5.75 Å². The highest BCUT2D eigenvalue weighted by Gasteiger charge is 2.03. The summed E-state index contributed by atoms with van der Waals surface area (Å²) in [6.45, 7) is 0. The first-order chi connectivity index (χ1) is 8.21. The summed E-state index contributed by atoms with van der Waals surface area (Å²) in [5, 5.41) is 17.3. The lowest BCUT2D eigenvalue weighted by Crippen LogP contribution is -2.03. The molecule has 0 fully saturated rings. The Hall–Kier alpha value is -2.11. The van der Waals surface area contributed by atoms with Crippen molar-refractivity contribution in [2.24, 2.45) is 5.73 Å². The van der Waals surface area contributed by atoms with Crippen LogP contribution in [0.1, 0.15) is 0 Å². The van der Waals surface area contributed by atoms with Crippen molar-refractivity contribution >= 4 is 11.8 Å². The lowest BCUT2D eigenvalue weighted by atomic mass is 10.3. The number of hydrogen-bond acceptors (Lipinski definition) is 5. The minimum absolute atomic E-state index is 0.0222. The Morgan fingerprint density at radius 1 is 1.29 bits per heavy atom. The van der Waals surface area contributed by atoms with E-state index in [0.29, 0.717) is 11.4 Å². The van der Waals surface area contributed by atoms with Crippen LogP contribution in [-0.2, 0) is 0 Å². The van der Waals surface area contributed by atoms with Gasteiger partial charge in [0.2, 0.25) is 0 Å². The van der Waals surface area contributed by atoms with E-state index in [-0.39, 0.29) is 5.57 Å². The summed E-state index contributed by atoms with van der Waals surface area (Å²) in [4.78, 5) is 1.00. The average Bonchev–Trinajstić information content (AvgIpc) is 2.38. The summed E-state index contributed by atoms with van der Waals surface area (Å²) >= 11 is 1.47. The van der Waals surface area contributed by atoms with E-state index in [0.717, 1.165) is 10.6 Å². The fourth-order valence-corrected chi connectivity index (χ4v) is 1.87. The van der Waals surface area contributed by atoms with E-state index < -0.39 is 0 Å². The number of nitrogens with zero attached hydrogens (tertiary/aromatic N) is 2. The van der Waals surface area contributed by atoms with E-state index in [4.69, 9.17) is 21.0 Å². The van der Waals surface area contributed by atoms with E-state index >= 15 is 0 Å². The summed E-state index contributed by atoms with van der Waals surface area (Å²) in [5.74, 6) is 1.20. The number of thioether (sulfide) groups is 1. The summed E-state index contributed by atoms with van der Waals surface area (Å²) in [7, 11) is 1.61. The first kappa shape index (κ1) is 13.0. The maximum absolute atomic E-state index is 8.63. The highest BCUT2D eigenvalue weighted by Crippen LogP contribution is 2.22. The molecule has 0 aliphatic carbocycles. The fraction of sp³-hybridized carbons (Fsp3) is 0.167. The largest absolute Gasteiger partial charge is 0.497 e. The first-order valence-electron chi connectivity index (χ1n) is 4.77. The zero-order valence-corrected chi connectivity index (χ0v) is 10.1. The Balaban J connectivity index is 2.66. The van der Waals surface area contributed by atoms with Crippen molar-refractivity contribution in [2.75, 3.05) is 12.9 Å². The molecule has 86 valence electrons. The molecule has 1 aromatic carbocycles. The Labute approximate surface area is 104 Å². The summed E-state index contributed by atoms with van der Waals surface area (Å²) in [5.41, 5.74) is 5.91. The molecule has 0 heterocycles. The summed E-state index contributed by atoms with van der Waals surface area (Å²) in [6.07, 6.45) is 0. The van der Waals surface area contributed by atoms with Crippen LogP contribution in [0.4, 0.5) is 0 Å². The average molecular weight is 245 g/mol. The van der Waals surface area contributed by atoms with Crippen molar-refractivity contribution in [1.29, 1.82) is 10.5 Å². The van der Waals surface area contributed by atoms with E-state index in [1.165, 1.54) is 11.8 Å². The monoisotopic (exact) mass is 245 g/mol. The van der Waals surface area contributed by atoms with Gasteiger partial charge in [0.05, 0.1) is 7.11 Å². The molecule has 0 amide bonds. The lowest BCUT2D eigenvalue weighted by Gasteiger charge is -2.03. The van der Waals surface area contributed by atoms with Gasteiger partial charge in [0.1, 0.15) is 23.5 Å². The molecule has 0 bridgehead atoms. The van der Waals surface area contributed by atoms with Crippen LogP contribution in [0.2, 0.25) is 0 Å². The van der Waals surface area contributed by atoms with Gasteiger partial charge in [-0.1, -0.05) is 0 Å². The van der Waals surface area contributed by atoms with E-state index in [1.54, 1.807) is 19.2 Å². The van der Waals surface area contributed by atoms with Crippen LogP contribution in [0, 0.1) is 22.7 Å². The van der Waals surface area contributed by atoms with Crippen molar-refractivity contribution in [3.8, 4) is 17.9 Å². The second-order valence-corrected chi connectivity index (χ2v) is 4.14. The molecular formula is C12H11N3OS. The zero-order valence-electron chi connectivity index (χ0n) is 9.30. The van der Waals surface area contributed by atoms with Crippen molar-refractivity contribution in [3.05, 3.63) is 35.5 Å². The normalized spacial score (nSPS) is 8.88. The minimum Gasteiger partial charge on any atom is -0.497 e. The molecule has 5 heteroatoms. The van der Waals surface area contributed by atoms with Gasteiger partial charge in [-0.3, -0.25) is 0 Å². The Kier molecular flexibility index (Phi) is 4.93. The summed E-state index contributed by atoms with van der Waals surface area (Å²) < 4.78 is 5.04. The number of allylic oxidation sites excluding steroid dienone is 1. The number of ether oxygens (including phenoxy) is 1. The van der Waals surface area contributed by atoms with Gasteiger partial charge < -0.3 is 10.5 Å². The van der Waals surface area contributed by atoms with Crippen LogP contribution < -0.4 is 10.5 Å². The number of methoxy groups -OCH3 is 1. The molecule has 0 aliphatic rings. The second-order valence-electron chi connectivity index (χ2n) is 3.09. The molecule has 0 spiro atoms. The van der Waals surface area contributed by atoms with Gasteiger partial charge in [-0.25, -0.2) is 0 Å². The molecule has 1 aromatic rings. The first-order valence-corrected chi connectivity index (χ1v) is 5.75. The van der Waals surface area contributed by atoms with Crippen molar-refractivity contribution < 1.29 is 4.74 Å².